The molecule has 1 aliphatic carbocycles. The van der Waals surface area contributed by atoms with Gasteiger partial charge in [0.2, 0.25) is 0 Å². The number of rotatable bonds is 9. The Bertz CT molecular complexity index is 232. The van der Waals surface area contributed by atoms with Crippen LogP contribution in [0.1, 0.15) is 90.9 Å². The lowest BCUT2D eigenvalue weighted by Gasteiger charge is -2.23. The molecule has 19 heavy (non-hydrogen) atoms. The minimum atomic E-state index is 0.671. The van der Waals surface area contributed by atoms with Gasteiger partial charge in [0.1, 0.15) is 0 Å². The summed E-state index contributed by atoms with van der Waals surface area (Å²) >= 11 is 0. The van der Waals surface area contributed by atoms with Crippen molar-refractivity contribution in [1.82, 2.24) is 5.32 Å². The van der Waals surface area contributed by atoms with Gasteiger partial charge in [0.15, 0.2) is 0 Å². The molecule has 1 aliphatic rings. The molecule has 1 heteroatoms. The summed E-state index contributed by atoms with van der Waals surface area (Å²) in [6.07, 6.45) is 19.2. The van der Waals surface area contributed by atoms with Crippen LogP contribution >= 0.6 is 0 Å². The second-order valence-corrected chi connectivity index (χ2v) is 6.05. The zero-order chi connectivity index (χ0) is 13.8. The van der Waals surface area contributed by atoms with Crippen LogP contribution in [-0.4, -0.2) is 12.6 Å². The van der Waals surface area contributed by atoms with Crippen LogP contribution in [0.2, 0.25) is 0 Å². The highest BCUT2D eigenvalue weighted by Crippen LogP contribution is 2.22. The normalized spacial score (nSPS) is 18.5. The summed E-state index contributed by atoms with van der Waals surface area (Å²) in [5.74, 6) is 0. The Morgan fingerprint density at radius 2 is 1.79 bits per heavy atom. The Morgan fingerprint density at radius 1 is 1.00 bits per heavy atom. The molecule has 0 aromatic heterocycles. The average Bonchev–Trinajstić information content (AvgIpc) is 2.37. The number of likely N-dealkylation sites (N-methyl/N-ethyl adjacent to an activating group) is 1. The molecular formula is C18H35N. The molecule has 0 aliphatic heterocycles. The quantitative estimate of drug-likeness (QED) is 0.422. The van der Waals surface area contributed by atoms with E-state index in [1.54, 1.807) is 5.57 Å². The lowest BCUT2D eigenvalue weighted by atomic mass is 9.92. The highest BCUT2D eigenvalue weighted by molar-refractivity contribution is 5.11. The van der Waals surface area contributed by atoms with E-state index in [9.17, 15) is 0 Å². The number of hydrogen-bond donors (Lipinski definition) is 1. The molecule has 1 atom stereocenters. The molecule has 112 valence electrons. The van der Waals surface area contributed by atoms with Gasteiger partial charge in [-0.2, -0.15) is 0 Å². The summed E-state index contributed by atoms with van der Waals surface area (Å²) in [5, 5.41) is 3.72. The monoisotopic (exact) mass is 265 g/mol. The summed E-state index contributed by atoms with van der Waals surface area (Å²) < 4.78 is 0. The molecule has 0 radical (unpaired) electrons. The molecule has 1 rings (SSSR count). The van der Waals surface area contributed by atoms with E-state index in [4.69, 9.17) is 0 Å². The minimum absolute atomic E-state index is 0.671. The summed E-state index contributed by atoms with van der Waals surface area (Å²) in [5.41, 5.74) is 1.72. The van der Waals surface area contributed by atoms with Gasteiger partial charge < -0.3 is 5.32 Å². The Hall–Kier alpha value is -0.300. The highest BCUT2D eigenvalue weighted by atomic mass is 14.9. The van der Waals surface area contributed by atoms with Gasteiger partial charge in [-0.3, -0.25) is 0 Å². The molecule has 1 N–H and O–H groups in total. The maximum Gasteiger partial charge on any atom is 0.0279 e. The first kappa shape index (κ1) is 16.8. The molecule has 0 saturated heterocycles. The Morgan fingerprint density at radius 3 is 2.58 bits per heavy atom. The molecular weight excluding hydrogens is 230 g/mol. The van der Waals surface area contributed by atoms with E-state index in [0.29, 0.717) is 6.04 Å². The van der Waals surface area contributed by atoms with Crippen LogP contribution in [0.4, 0.5) is 0 Å². The molecule has 0 amide bonds. The molecule has 0 bridgehead atoms. The fraction of sp³-hybridized carbons (Fsp3) is 0.889. The maximum absolute atomic E-state index is 3.72. The van der Waals surface area contributed by atoms with Crippen molar-refractivity contribution in [2.75, 3.05) is 6.54 Å². The molecule has 0 spiro atoms. The molecule has 0 aromatic carbocycles. The largest absolute Gasteiger partial charge is 0.311 e. The van der Waals surface area contributed by atoms with E-state index in [0.717, 1.165) is 6.54 Å². The van der Waals surface area contributed by atoms with Gasteiger partial charge in [-0.05, 0) is 38.6 Å². The van der Waals surface area contributed by atoms with Crippen molar-refractivity contribution in [3.8, 4) is 0 Å². The second-order valence-electron chi connectivity index (χ2n) is 6.05. The zero-order valence-corrected chi connectivity index (χ0v) is 13.3. The van der Waals surface area contributed by atoms with Crippen molar-refractivity contribution in [2.45, 2.75) is 96.9 Å². The summed E-state index contributed by atoms with van der Waals surface area (Å²) in [6.45, 7) is 5.64. The molecule has 0 aromatic rings. The van der Waals surface area contributed by atoms with E-state index < -0.39 is 0 Å². The Labute approximate surface area is 121 Å². The average molecular weight is 265 g/mol. The van der Waals surface area contributed by atoms with Crippen molar-refractivity contribution >= 4 is 0 Å². The first-order valence-electron chi connectivity index (χ1n) is 8.80. The third-order valence-electron chi connectivity index (χ3n) is 4.32. The first-order valence-corrected chi connectivity index (χ1v) is 8.80. The van der Waals surface area contributed by atoms with Gasteiger partial charge in [-0.15, -0.1) is 0 Å². The van der Waals surface area contributed by atoms with Gasteiger partial charge in [-0.25, -0.2) is 0 Å². The lowest BCUT2D eigenvalue weighted by Crippen LogP contribution is -2.31. The third-order valence-corrected chi connectivity index (χ3v) is 4.32. The van der Waals surface area contributed by atoms with Gasteiger partial charge in [0.25, 0.3) is 0 Å². The predicted molar refractivity (Wildman–Crippen MR) is 86.6 cm³/mol. The smallest absolute Gasteiger partial charge is 0.0279 e. The van der Waals surface area contributed by atoms with Crippen LogP contribution in [0.15, 0.2) is 11.6 Å². The van der Waals surface area contributed by atoms with Gasteiger partial charge in [0, 0.05) is 6.04 Å². The zero-order valence-electron chi connectivity index (χ0n) is 13.3. The van der Waals surface area contributed by atoms with E-state index in [1.165, 1.54) is 77.0 Å². The fourth-order valence-corrected chi connectivity index (χ4v) is 3.15. The molecule has 1 nitrogen and oxygen atoms in total. The van der Waals surface area contributed by atoms with Crippen LogP contribution in [0.5, 0.6) is 0 Å². The molecule has 0 saturated carbocycles. The van der Waals surface area contributed by atoms with E-state index >= 15 is 0 Å². The molecule has 0 fully saturated rings. The van der Waals surface area contributed by atoms with Crippen LogP contribution in [0, 0.1) is 0 Å². The third kappa shape index (κ3) is 7.77. The number of hydrogen-bond acceptors (Lipinski definition) is 1. The van der Waals surface area contributed by atoms with Crippen molar-refractivity contribution in [1.29, 1.82) is 0 Å². The number of nitrogens with one attached hydrogen (secondary N) is 1. The number of allylic oxidation sites excluding steroid dienone is 1. The number of unbranched alkanes of at least 4 members (excludes halogenated alkanes) is 4. The molecule has 1 unspecified atom stereocenters. The molecule has 0 heterocycles. The van der Waals surface area contributed by atoms with Gasteiger partial charge in [-0.1, -0.05) is 70.4 Å². The minimum Gasteiger partial charge on any atom is -0.311 e. The standard InChI is InChI=1S/C18H35N/c1-3-5-6-8-13-16-18(19-4-2)17-14-11-9-7-10-12-15-17/h14,18-19H,3-13,15-16H2,1-2H3. The van der Waals surface area contributed by atoms with Crippen LogP contribution in [0.25, 0.3) is 0 Å². The predicted octanol–water partition coefficient (Wildman–Crippen LogP) is 5.61. The van der Waals surface area contributed by atoms with Gasteiger partial charge >= 0.3 is 0 Å². The first-order chi connectivity index (χ1) is 9.38. The fourth-order valence-electron chi connectivity index (χ4n) is 3.15. The van der Waals surface area contributed by atoms with E-state index in [1.807, 2.05) is 0 Å². The Kier molecular flexibility index (Phi) is 10.2. The second kappa shape index (κ2) is 11.5. The van der Waals surface area contributed by atoms with Crippen molar-refractivity contribution in [2.24, 2.45) is 0 Å². The van der Waals surface area contributed by atoms with Gasteiger partial charge in [0.05, 0.1) is 0 Å². The van der Waals surface area contributed by atoms with Crippen LogP contribution in [0.3, 0.4) is 0 Å². The van der Waals surface area contributed by atoms with Crippen LogP contribution in [-0.2, 0) is 0 Å². The summed E-state index contributed by atoms with van der Waals surface area (Å²) in [7, 11) is 0. The maximum atomic E-state index is 3.72. The van der Waals surface area contributed by atoms with Crippen LogP contribution < -0.4 is 5.32 Å². The Balaban J connectivity index is 2.36. The topological polar surface area (TPSA) is 12.0 Å². The summed E-state index contributed by atoms with van der Waals surface area (Å²) in [4.78, 5) is 0. The summed E-state index contributed by atoms with van der Waals surface area (Å²) in [6, 6.07) is 0.671. The van der Waals surface area contributed by atoms with E-state index in [2.05, 4.69) is 25.2 Å². The highest BCUT2D eigenvalue weighted by Gasteiger charge is 2.13. The van der Waals surface area contributed by atoms with Crippen molar-refractivity contribution in [3.63, 3.8) is 0 Å². The van der Waals surface area contributed by atoms with E-state index in [-0.39, 0.29) is 0 Å². The lowest BCUT2D eigenvalue weighted by molar-refractivity contribution is 0.484. The van der Waals surface area contributed by atoms with Crippen molar-refractivity contribution in [3.05, 3.63) is 11.6 Å². The van der Waals surface area contributed by atoms with Crippen molar-refractivity contribution < 1.29 is 0 Å². The SMILES string of the molecule is CCCCCCCC(NCC)C1=CCCCCCC1.